The monoisotopic (exact) mass is 206 g/mol. The maximum absolute atomic E-state index is 11.6. The predicted octanol–water partition coefficient (Wildman–Crippen LogP) is 1.26. The van der Waals surface area contributed by atoms with E-state index in [0.29, 0.717) is 11.2 Å². The Kier molecular flexibility index (Phi) is 2.30. The lowest BCUT2D eigenvalue weighted by Gasteiger charge is -2.05. The smallest absolute Gasteiger partial charge is 0.303 e. The molecule has 0 aromatic carbocycles. The van der Waals surface area contributed by atoms with E-state index >= 15 is 0 Å². The van der Waals surface area contributed by atoms with Crippen molar-refractivity contribution in [3.8, 4) is 0 Å². The van der Waals surface area contributed by atoms with Crippen LogP contribution in [0.15, 0.2) is 11.0 Å². The Labute approximate surface area is 87.2 Å². The second kappa shape index (κ2) is 3.49. The van der Waals surface area contributed by atoms with Crippen LogP contribution < -0.4 is 5.69 Å². The van der Waals surface area contributed by atoms with E-state index in [-0.39, 0.29) is 11.7 Å². The molecule has 0 atom stereocenters. The van der Waals surface area contributed by atoms with Crippen molar-refractivity contribution in [2.45, 2.75) is 33.2 Å². The van der Waals surface area contributed by atoms with Crippen molar-refractivity contribution in [1.29, 1.82) is 0 Å². The Balaban J connectivity index is 2.78. The second-order valence-electron chi connectivity index (χ2n) is 3.77. The Morgan fingerprint density at radius 3 is 2.87 bits per heavy atom. The lowest BCUT2D eigenvalue weighted by molar-refractivity contribution is 0.592. The minimum absolute atomic E-state index is 0.103. The van der Waals surface area contributed by atoms with Gasteiger partial charge in [-0.2, -0.15) is 0 Å². The van der Waals surface area contributed by atoms with Crippen molar-refractivity contribution < 1.29 is 0 Å². The molecule has 0 aliphatic heterocycles. The van der Waals surface area contributed by atoms with E-state index in [0.717, 1.165) is 12.2 Å². The summed E-state index contributed by atoms with van der Waals surface area (Å²) in [7, 11) is 0. The Bertz CT molecular complexity index is 538. The summed E-state index contributed by atoms with van der Waals surface area (Å²) < 4.78 is 1.65. The van der Waals surface area contributed by atoms with Crippen molar-refractivity contribution in [3.63, 3.8) is 0 Å². The molecule has 0 bridgehead atoms. The molecule has 2 aromatic heterocycles. The molecule has 0 aliphatic rings. The lowest BCUT2D eigenvalue weighted by atomic mass is 10.4. The molecule has 0 unspecified atom stereocenters. The highest BCUT2D eigenvalue weighted by Crippen LogP contribution is 2.11. The number of aryl methyl sites for hydroxylation is 1. The van der Waals surface area contributed by atoms with Crippen molar-refractivity contribution in [2.24, 2.45) is 0 Å². The highest BCUT2D eigenvalue weighted by Gasteiger charge is 2.11. The molecule has 0 fully saturated rings. The van der Waals surface area contributed by atoms with Crippen LogP contribution in [-0.2, 0) is 6.42 Å². The van der Waals surface area contributed by atoms with Crippen LogP contribution in [0, 0.1) is 0 Å². The fraction of sp³-hybridized carbons (Fsp3) is 0.500. The third-order valence-corrected chi connectivity index (χ3v) is 2.34. The van der Waals surface area contributed by atoms with Gasteiger partial charge in [0.15, 0.2) is 5.65 Å². The number of aromatic nitrogens is 4. The first-order valence-corrected chi connectivity index (χ1v) is 5.09. The lowest BCUT2D eigenvalue weighted by Crippen LogP contribution is -2.18. The summed E-state index contributed by atoms with van der Waals surface area (Å²) in [5.74, 6) is 0.760. The van der Waals surface area contributed by atoms with Crippen molar-refractivity contribution in [3.05, 3.63) is 22.5 Å². The number of aromatic amines is 1. The average Bonchev–Trinajstić information content (AvgIpc) is 2.52. The first-order chi connectivity index (χ1) is 7.13. The molecule has 0 amide bonds. The van der Waals surface area contributed by atoms with E-state index in [1.54, 1.807) is 10.8 Å². The van der Waals surface area contributed by atoms with Gasteiger partial charge in [0.05, 0.1) is 6.20 Å². The van der Waals surface area contributed by atoms with E-state index in [1.165, 1.54) is 0 Å². The first kappa shape index (κ1) is 9.89. The van der Waals surface area contributed by atoms with Crippen molar-refractivity contribution in [2.75, 3.05) is 0 Å². The molecule has 0 saturated heterocycles. The van der Waals surface area contributed by atoms with Gasteiger partial charge in [0.25, 0.3) is 0 Å². The highest BCUT2D eigenvalue weighted by molar-refractivity contribution is 5.69. The number of hydrogen-bond acceptors (Lipinski definition) is 3. The van der Waals surface area contributed by atoms with E-state index < -0.39 is 0 Å². The maximum Gasteiger partial charge on any atom is 0.327 e. The van der Waals surface area contributed by atoms with Crippen LogP contribution in [-0.4, -0.2) is 19.5 Å². The fourth-order valence-corrected chi connectivity index (χ4v) is 1.60. The molecule has 2 aromatic rings. The number of hydrogen-bond donors (Lipinski definition) is 1. The summed E-state index contributed by atoms with van der Waals surface area (Å²) >= 11 is 0. The molecule has 2 rings (SSSR count). The fourth-order valence-electron chi connectivity index (χ4n) is 1.60. The van der Waals surface area contributed by atoms with Gasteiger partial charge < -0.3 is 4.98 Å². The van der Waals surface area contributed by atoms with Crippen LogP contribution in [0.25, 0.3) is 11.2 Å². The predicted molar refractivity (Wildman–Crippen MR) is 57.9 cm³/mol. The minimum Gasteiger partial charge on any atom is -0.303 e. The van der Waals surface area contributed by atoms with Gasteiger partial charge in [0, 0.05) is 12.5 Å². The van der Waals surface area contributed by atoms with Crippen molar-refractivity contribution in [1.82, 2.24) is 19.5 Å². The van der Waals surface area contributed by atoms with Crippen LogP contribution in [0.4, 0.5) is 0 Å². The van der Waals surface area contributed by atoms with E-state index in [4.69, 9.17) is 0 Å². The molecule has 0 radical (unpaired) electrons. The summed E-state index contributed by atoms with van der Waals surface area (Å²) in [4.78, 5) is 22.9. The molecule has 2 heterocycles. The van der Waals surface area contributed by atoms with E-state index in [2.05, 4.69) is 15.0 Å². The minimum atomic E-state index is -0.123. The average molecular weight is 206 g/mol. The molecular weight excluding hydrogens is 192 g/mol. The van der Waals surface area contributed by atoms with Gasteiger partial charge in [0.1, 0.15) is 11.3 Å². The van der Waals surface area contributed by atoms with Gasteiger partial charge in [-0.1, -0.05) is 6.92 Å². The number of rotatable bonds is 2. The van der Waals surface area contributed by atoms with Gasteiger partial charge in [0.2, 0.25) is 0 Å². The van der Waals surface area contributed by atoms with Crippen molar-refractivity contribution >= 4 is 11.2 Å². The molecule has 5 heteroatoms. The number of nitrogens with zero attached hydrogens (tertiary/aromatic N) is 3. The Morgan fingerprint density at radius 1 is 1.53 bits per heavy atom. The molecule has 0 aliphatic carbocycles. The first-order valence-electron chi connectivity index (χ1n) is 5.09. The number of H-pyrrole nitrogens is 1. The summed E-state index contributed by atoms with van der Waals surface area (Å²) in [6, 6.07) is 0.103. The third kappa shape index (κ3) is 1.54. The zero-order valence-electron chi connectivity index (χ0n) is 9.11. The number of nitrogens with one attached hydrogen (secondary N) is 1. The molecule has 0 spiro atoms. The molecular formula is C10H14N4O. The molecule has 80 valence electrons. The largest absolute Gasteiger partial charge is 0.327 e. The summed E-state index contributed by atoms with van der Waals surface area (Å²) in [5, 5.41) is 0. The van der Waals surface area contributed by atoms with Crippen LogP contribution in [0.5, 0.6) is 0 Å². The zero-order chi connectivity index (χ0) is 11.0. The summed E-state index contributed by atoms with van der Waals surface area (Å²) in [6.45, 7) is 5.91. The van der Waals surface area contributed by atoms with Crippen LogP contribution in [0.3, 0.4) is 0 Å². The normalized spacial score (nSPS) is 11.5. The molecule has 0 saturated carbocycles. The number of imidazole rings is 1. The molecule has 1 N–H and O–H groups in total. The Morgan fingerprint density at radius 2 is 2.27 bits per heavy atom. The molecule has 15 heavy (non-hydrogen) atoms. The van der Waals surface area contributed by atoms with E-state index in [9.17, 15) is 4.79 Å². The van der Waals surface area contributed by atoms with Crippen LogP contribution in [0.2, 0.25) is 0 Å². The van der Waals surface area contributed by atoms with Gasteiger partial charge in [-0.3, -0.25) is 4.57 Å². The summed E-state index contributed by atoms with van der Waals surface area (Å²) in [5.41, 5.74) is 1.27. The highest BCUT2D eigenvalue weighted by atomic mass is 16.1. The third-order valence-electron chi connectivity index (χ3n) is 2.34. The van der Waals surface area contributed by atoms with Crippen LogP contribution >= 0.6 is 0 Å². The second-order valence-corrected chi connectivity index (χ2v) is 3.77. The van der Waals surface area contributed by atoms with Gasteiger partial charge in [-0.25, -0.2) is 14.8 Å². The standard InChI is InChI=1S/C10H14N4O/c1-4-8-11-5-7-9(13-8)14(6(2)3)10(15)12-7/h5-6H,4H2,1-3H3,(H,12,15). The quantitative estimate of drug-likeness (QED) is 0.804. The summed E-state index contributed by atoms with van der Waals surface area (Å²) in [6.07, 6.45) is 2.44. The van der Waals surface area contributed by atoms with Gasteiger partial charge in [-0.05, 0) is 13.8 Å². The van der Waals surface area contributed by atoms with Gasteiger partial charge in [-0.15, -0.1) is 0 Å². The molecule has 5 nitrogen and oxygen atoms in total. The SMILES string of the molecule is CCc1ncc2[nH]c(=O)n(C(C)C)c2n1. The Hall–Kier alpha value is -1.65. The van der Waals surface area contributed by atoms with Gasteiger partial charge >= 0.3 is 5.69 Å². The number of fused-ring (bicyclic) bond motifs is 1. The van der Waals surface area contributed by atoms with E-state index in [1.807, 2.05) is 20.8 Å². The maximum atomic E-state index is 11.6. The topological polar surface area (TPSA) is 63.6 Å². The zero-order valence-corrected chi connectivity index (χ0v) is 9.11. The van der Waals surface area contributed by atoms with Crippen LogP contribution in [0.1, 0.15) is 32.6 Å².